The van der Waals surface area contributed by atoms with Gasteiger partial charge >= 0.3 is 12.0 Å². The van der Waals surface area contributed by atoms with E-state index in [-0.39, 0.29) is 17.6 Å². The van der Waals surface area contributed by atoms with Gasteiger partial charge in [-0.25, -0.2) is 9.59 Å². The summed E-state index contributed by atoms with van der Waals surface area (Å²) in [5.41, 5.74) is 0.254. The maximum absolute atomic E-state index is 12.3. The summed E-state index contributed by atoms with van der Waals surface area (Å²) in [5, 5.41) is 12.0. The fourth-order valence-electron chi connectivity index (χ4n) is 3.11. The Balaban J connectivity index is 2.02. The number of aromatic carboxylic acids is 1. The van der Waals surface area contributed by atoms with Gasteiger partial charge in [-0.1, -0.05) is 6.92 Å². The molecule has 2 bridgehead atoms. The fraction of sp³-hybridized carbons (Fsp3) is 0.467. The summed E-state index contributed by atoms with van der Waals surface area (Å²) in [6.07, 6.45) is 1.46. The number of benzene rings is 1. The zero-order chi connectivity index (χ0) is 15.2. The molecule has 1 aromatic rings. The number of amides is 2. The fourth-order valence-corrected chi connectivity index (χ4v) is 3.11. The molecule has 3 rings (SSSR count). The number of nitrogens with one attached hydrogen (secondary N) is 1. The summed E-state index contributed by atoms with van der Waals surface area (Å²) >= 11 is 0. The summed E-state index contributed by atoms with van der Waals surface area (Å²) in [6.45, 7) is 4.54. The zero-order valence-corrected chi connectivity index (χ0v) is 12.0. The molecule has 2 amide bonds. The maximum atomic E-state index is 12.3. The highest BCUT2D eigenvalue weighted by Crippen LogP contribution is 2.44. The molecule has 6 nitrogen and oxygen atoms in total. The smallest absolute Gasteiger partial charge is 0.335 e. The Morgan fingerprint density at radius 1 is 1.57 bits per heavy atom. The number of hydrogen-bond acceptors (Lipinski definition) is 3. The van der Waals surface area contributed by atoms with Crippen LogP contribution < -0.4 is 10.1 Å². The van der Waals surface area contributed by atoms with Crippen LogP contribution in [0.5, 0.6) is 5.75 Å². The number of urea groups is 1. The number of rotatable bonds is 3. The van der Waals surface area contributed by atoms with Gasteiger partial charge in [-0.05, 0) is 31.5 Å². The van der Waals surface area contributed by atoms with Crippen LogP contribution in [0.25, 0.3) is 0 Å². The summed E-state index contributed by atoms with van der Waals surface area (Å²) in [6, 6.07) is 4.40. The molecular formula is C15H18N2O4. The molecule has 0 aromatic heterocycles. The molecule has 0 saturated carbocycles. The normalized spacial score (nSPS) is 26.7. The third-order valence-corrected chi connectivity index (χ3v) is 4.11. The average molecular weight is 290 g/mol. The number of ether oxygens (including phenoxy) is 1. The van der Waals surface area contributed by atoms with E-state index >= 15 is 0 Å². The molecule has 1 aromatic carbocycles. The van der Waals surface area contributed by atoms with Gasteiger partial charge in [-0.2, -0.15) is 0 Å². The first kappa shape index (κ1) is 13.7. The molecule has 1 saturated heterocycles. The topological polar surface area (TPSA) is 78.9 Å². The van der Waals surface area contributed by atoms with E-state index in [4.69, 9.17) is 9.84 Å². The van der Waals surface area contributed by atoms with Crippen molar-refractivity contribution in [2.45, 2.75) is 38.5 Å². The molecule has 0 radical (unpaired) electrons. The molecule has 2 aliphatic heterocycles. The third kappa shape index (κ3) is 2.11. The standard InChI is InChI=1S/C15H18N2O4/c1-3-6-17-14(20)16-11-8-15(17,2)21-12-5-4-9(13(18)19)7-10(11)12/h4-5,7,11H,3,6,8H2,1-2H3,(H,16,20)(H,18,19)/t11-,15+/m0/s1. The van der Waals surface area contributed by atoms with Crippen LogP contribution in [0.2, 0.25) is 0 Å². The van der Waals surface area contributed by atoms with Crippen LogP contribution in [-0.4, -0.2) is 34.3 Å². The summed E-state index contributed by atoms with van der Waals surface area (Å²) < 4.78 is 6.03. The lowest BCUT2D eigenvalue weighted by Crippen LogP contribution is -2.64. The van der Waals surface area contributed by atoms with Crippen LogP contribution in [0.1, 0.15) is 48.7 Å². The Hall–Kier alpha value is -2.24. The van der Waals surface area contributed by atoms with Gasteiger partial charge in [0.25, 0.3) is 0 Å². The summed E-state index contributed by atoms with van der Waals surface area (Å²) in [7, 11) is 0. The van der Waals surface area contributed by atoms with Gasteiger partial charge in [0.1, 0.15) is 5.75 Å². The SMILES string of the molecule is CCCN1C(=O)N[C@H]2C[C@@]1(C)Oc1ccc(C(=O)O)cc12. The van der Waals surface area contributed by atoms with Crippen molar-refractivity contribution in [3.63, 3.8) is 0 Å². The predicted molar refractivity (Wildman–Crippen MR) is 75.3 cm³/mol. The number of carbonyl (C=O) groups excluding carboxylic acids is 1. The second kappa shape index (κ2) is 4.65. The molecular weight excluding hydrogens is 272 g/mol. The molecule has 2 heterocycles. The Bertz CT molecular complexity index is 616. The van der Waals surface area contributed by atoms with Crippen LogP contribution in [0.4, 0.5) is 4.79 Å². The lowest BCUT2D eigenvalue weighted by Gasteiger charge is -2.50. The molecule has 0 spiro atoms. The monoisotopic (exact) mass is 290 g/mol. The molecule has 0 aliphatic carbocycles. The number of carboxylic acids is 1. The number of carboxylic acid groups (broad SMARTS) is 1. The molecule has 1 fully saturated rings. The second-order valence-corrected chi connectivity index (χ2v) is 5.69. The minimum Gasteiger partial charge on any atom is -0.478 e. The Morgan fingerprint density at radius 2 is 2.33 bits per heavy atom. The zero-order valence-electron chi connectivity index (χ0n) is 12.0. The Labute approximate surface area is 122 Å². The van der Waals surface area contributed by atoms with E-state index in [0.717, 1.165) is 12.0 Å². The van der Waals surface area contributed by atoms with Gasteiger partial charge in [0.2, 0.25) is 0 Å². The van der Waals surface area contributed by atoms with E-state index in [1.54, 1.807) is 17.0 Å². The molecule has 0 unspecified atom stereocenters. The van der Waals surface area contributed by atoms with Gasteiger partial charge in [0.05, 0.1) is 11.6 Å². The van der Waals surface area contributed by atoms with Crippen molar-refractivity contribution < 1.29 is 19.4 Å². The Morgan fingerprint density at radius 3 is 3.00 bits per heavy atom. The summed E-state index contributed by atoms with van der Waals surface area (Å²) in [5.74, 6) is -0.347. The highest BCUT2D eigenvalue weighted by Gasteiger charge is 2.48. The first-order valence-electron chi connectivity index (χ1n) is 7.09. The van der Waals surface area contributed by atoms with Gasteiger partial charge < -0.3 is 15.2 Å². The van der Waals surface area contributed by atoms with Crippen molar-refractivity contribution in [3.05, 3.63) is 29.3 Å². The number of carbonyl (C=O) groups is 2. The number of hydrogen-bond donors (Lipinski definition) is 2. The van der Waals surface area contributed by atoms with Crippen molar-refractivity contribution in [2.24, 2.45) is 0 Å². The van der Waals surface area contributed by atoms with Crippen LogP contribution in [-0.2, 0) is 0 Å². The van der Waals surface area contributed by atoms with Gasteiger partial charge in [-0.3, -0.25) is 4.90 Å². The van der Waals surface area contributed by atoms with Crippen molar-refractivity contribution in [1.29, 1.82) is 0 Å². The minimum absolute atomic E-state index is 0.165. The van der Waals surface area contributed by atoms with Crippen LogP contribution in [0, 0.1) is 0 Å². The first-order valence-corrected chi connectivity index (χ1v) is 7.09. The van der Waals surface area contributed by atoms with Crippen LogP contribution >= 0.6 is 0 Å². The van der Waals surface area contributed by atoms with Gasteiger partial charge in [-0.15, -0.1) is 0 Å². The molecule has 21 heavy (non-hydrogen) atoms. The molecule has 2 aliphatic rings. The lowest BCUT2D eigenvalue weighted by atomic mass is 9.89. The molecule has 2 atom stereocenters. The lowest BCUT2D eigenvalue weighted by molar-refractivity contribution is -0.0836. The average Bonchev–Trinajstić information content (AvgIpc) is 2.42. The van der Waals surface area contributed by atoms with E-state index in [0.29, 0.717) is 18.7 Å². The Kier molecular flexibility index (Phi) is 3.04. The van der Waals surface area contributed by atoms with E-state index in [1.807, 2.05) is 13.8 Å². The predicted octanol–water partition coefficient (Wildman–Crippen LogP) is 2.36. The third-order valence-electron chi connectivity index (χ3n) is 4.11. The van der Waals surface area contributed by atoms with Gasteiger partial charge in [0, 0.05) is 18.5 Å². The number of nitrogens with zero attached hydrogens (tertiary/aromatic N) is 1. The quantitative estimate of drug-likeness (QED) is 0.895. The van der Waals surface area contributed by atoms with Gasteiger partial charge in [0.15, 0.2) is 5.72 Å². The van der Waals surface area contributed by atoms with Crippen LogP contribution in [0.3, 0.4) is 0 Å². The number of fused-ring (bicyclic) bond motifs is 4. The van der Waals surface area contributed by atoms with E-state index in [9.17, 15) is 9.59 Å². The largest absolute Gasteiger partial charge is 0.478 e. The van der Waals surface area contributed by atoms with E-state index in [2.05, 4.69) is 5.32 Å². The first-order chi connectivity index (χ1) is 9.94. The summed E-state index contributed by atoms with van der Waals surface area (Å²) in [4.78, 5) is 25.0. The maximum Gasteiger partial charge on any atom is 0.335 e. The highest BCUT2D eigenvalue weighted by molar-refractivity contribution is 5.88. The minimum atomic E-state index is -0.985. The highest BCUT2D eigenvalue weighted by atomic mass is 16.5. The molecule has 6 heteroatoms. The van der Waals surface area contributed by atoms with E-state index < -0.39 is 11.7 Å². The molecule has 2 N–H and O–H groups in total. The second-order valence-electron chi connectivity index (χ2n) is 5.69. The molecule has 112 valence electrons. The van der Waals surface area contributed by atoms with Crippen molar-refractivity contribution >= 4 is 12.0 Å². The van der Waals surface area contributed by atoms with Crippen molar-refractivity contribution in [1.82, 2.24) is 10.2 Å². The van der Waals surface area contributed by atoms with Crippen molar-refractivity contribution in [2.75, 3.05) is 6.54 Å². The van der Waals surface area contributed by atoms with E-state index in [1.165, 1.54) is 6.07 Å². The van der Waals surface area contributed by atoms with Crippen molar-refractivity contribution in [3.8, 4) is 5.75 Å². The van der Waals surface area contributed by atoms with Crippen LogP contribution in [0.15, 0.2) is 18.2 Å².